The van der Waals surface area contributed by atoms with Crippen molar-refractivity contribution in [1.29, 1.82) is 0 Å². The second kappa shape index (κ2) is 8.12. The summed E-state index contributed by atoms with van der Waals surface area (Å²) >= 11 is 0. The van der Waals surface area contributed by atoms with Gasteiger partial charge in [0.2, 0.25) is 0 Å². The predicted octanol–water partition coefficient (Wildman–Crippen LogP) is 4.71. The van der Waals surface area contributed by atoms with E-state index in [1.807, 2.05) is 66.9 Å². The zero-order valence-corrected chi connectivity index (χ0v) is 14.7. The third-order valence-electron chi connectivity index (χ3n) is 3.97. The topological polar surface area (TPSA) is 48.4 Å². The quantitative estimate of drug-likeness (QED) is 0.628. The van der Waals surface area contributed by atoms with Crippen molar-refractivity contribution in [3.63, 3.8) is 0 Å². The van der Waals surface area contributed by atoms with Crippen LogP contribution >= 0.6 is 0 Å². The molecule has 4 nitrogen and oxygen atoms in total. The van der Waals surface area contributed by atoms with E-state index in [9.17, 15) is 4.79 Å². The van der Waals surface area contributed by atoms with Gasteiger partial charge in [-0.1, -0.05) is 30.4 Å². The Bertz CT molecular complexity index is 896. The average molecular weight is 345 g/mol. The summed E-state index contributed by atoms with van der Waals surface area (Å²) in [5.41, 5.74) is 4.48. The van der Waals surface area contributed by atoms with Gasteiger partial charge in [-0.15, -0.1) is 0 Å². The van der Waals surface area contributed by atoms with Gasteiger partial charge in [0.15, 0.2) is 0 Å². The van der Waals surface area contributed by atoms with Crippen LogP contribution in [0.5, 0.6) is 5.75 Å². The molecule has 0 aliphatic heterocycles. The molecule has 0 aliphatic carbocycles. The molecule has 0 saturated heterocycles. The van der Waals surface area contributed by atoms with Gasteiger partial charge in [-0.2, -0.15) is 0 Å². The number of methoxy groups -OCH3 is 2. The highest BCUT2D eigenvalue weighted by atomic mass is 16.5. The van der Waals surface area contributed by atoms with Crippen LogP contribution in [0.25, 0.3) is 23.4 Å². The molecule has 0 aliphatic rings. The molecule has 0 amide bonds. The van der Waals surface area contributed by atoms with Gasteiger partial charge < -0.3 is 9.47 Å². The van der Waals surface area contributed by atoms with Crippen LogP contribution in [0.1, 0.15) is 21.5 Å². The van der Waals surface area contributed by atoms with Crippen LogP contribution in [-0.4, -0.2) is 25.2 Å². The van der Waals surface area contributed by atoms with Gasteiger partial charge in [0, 0.05) is 11.8 Å². The second-order valence-electron chi connectivity index (χ2n) is 5.65. The number of ether oxygens (including phenoxy) is 2. The molecule has 1 heterocycles. The summed E-state index contributed by atoms with van der Waals surface area (Å²) < 4.78 is 9.86. The van der Waals surface area contributed by atoms with E-state index in [2.05, 4.69) is 4.98 Å². The summed E-state index contributed by atoms with van der Waals surface area (Å²) in [7, 11) is 3.02. The number of carbonyl (C=O) groups excluding carboxylic acids is 1. The molecule has 0 atom stereocenters. The lowest BCUT2D eigenvalue weighted by atomic mass is 10.1. The highest BCUT2D eigenvalue weighted by Gasteiger charge is 2.03. The van der Waals surface area contributed by atoms with Gasteiger partial charge in [0.1, 0.15) is 5.75 Å². The molecule has 3 rings (SSSR count). The second-order valence-corrected chi connectivity index (χ2v) is 5.65. The first-order valence-corrected chi connectivity index (χ1v) is 8.16. The van der Waals surface area contributed by atoms with E-state index in [-0.39, 0.29) is 5.97 Å². The molecule has 1 aromatic heterocycles. The van der Waals surface area contributed by atoms with E-state index >= 15 is 0 Å². The first kappa shape index (κ1) is 17.4. The van der Waals surface area contributed by atoms with E-state index in [0.29, 0.717) is 5.56 Å². The Balaban J connectivity index is 1.70. The van der Waals surface area contributed by atoms with Gasteiger partial charge in [-0.05, 0) is 53.6 Å². The number of carbonyl (C=O) groups is 1. The SMILES string of the molecule is COC(=O)c1ccc(/C=C/c2ccc(-c3ccc(OC)cc3)nc2)cc1. The Labute approximate surface area is 152 Å². The average Bonchev–Trinajstić information content (AvgIpc) is 2.72. The lowest BCUT2D eigenvalue weighted by molar-refractivity contribution is 0.0600. The molecule has 0 bridgehead atoms. The van der Waals surface area contributed by atoms with Crippen molar-refractivity contribution in [3.8, 4) is 17.0 Å². The van der Waals surface area contributed by atoms with Crippen LogP contribution in [0.2, 0.25) is 0 Å². The summed E-state index contributed by atoms with van der Waals surface area (Å²) in [5.74, 6) is 0.491. The maximum absolute atomic E-state index is 11.4. The van der Waals surface area contributed by atoms with E-state index in [1.54, 1.807) is 19.2 Å². The molecule has 0 fully saturated rings. The molecule has 26 heavy (non-hydrogen) atoms. The minimum Gasteiger partial charge on any atom is -0.497 e. The van der Waals surface area contributed by atoms with Gasteiger partial charge in [0.25, 0.3) is 0 Å². The molecule has 130 valence electrons. The van der Waals surface area contributed by atoms with Crippen molar-refractivity contribution in [2.24, 2.45) is 0 Å². The van der Waals surface area contributed by atoms with E-state index in [0.717, 1.165) is 28.1 Å². The fourth-order valence-corrected chi connectivity index (χ4v) is 2.48. The van der Waals surface area contributed by atoms with Crippen molar-refractivity contribution >= 4 is 18.1 Å². The number of aromatic nitrogens is 1. The number of hydrogen-bond acceptors (Lipinski definition) is 4. The smallest absolute Gasteiger partial charge is 0.337 e. The number of nitrogens with zero attached hydrogens (tertiary/aromatic N) is 1. The van der Waals surface area contributed by atoms with E-state index in [4.69, 9.17) is 9.47 Å². The fourth-order valence-electron chi connectivity index (χ4n) is 2.48. The summed E-state index contributed by atoms with van der Waals surface area (Å²) in [6, 6.07) is 19.1. The van der Waals surface area contributed by atoms with Gasteiger partial charge >= 0.3 is 5.97 Å². The van der Waals surface area contributed by atoms with Gasteiger partial charge in [-0.25, -0.2) is 4.79 Å². The number of hydrogen-bond donors (Lipinski definition) is 0. The van der Waals surface area contributed by atoms with Gasteiger partial charge in [0.05, 0.1) is 25.5 Å². The van der Waals surface area contributed by atoms with E-state index in [1.165, 1.54) is 7.11 Å². The van der Waals surface area contributed by atoms with Crippen LogP contribution in [0.4, 0.5) is 0 Å². The van der Waals surface area contributed by atoms with Crippen LogP contribution in [0, 0.1) is 0 Å². The number of rotatable bonds is 5. The normalized spacial score (nSPS) is 10.7. The number of pyridine rings is 1. The largest absolute Gasteiger partial charge is 0.497 e. The molecule has 0 N–H and O–H groups in total. The summed E-state index contributed by atoms with van der Waals surface area (Å²) in [4.78, 5) is 15.9. The maximum Gasteiger partial charge on any atom is 0.337 e. The first-order chi connectivity index (χ1) is 12.7. The highest BCUT2D eigenvalue weighted by molar-refractivity contribution is 5.89. The molecule has 0 unspecified atom stereocenters. The third-order valence-corrected chi connectivity index (χ3v) is 3.97. The molecule has 3 aromatic rings. The Morgan fingerprint density at radius 2 is 1.50 bits per heavy atom. The van der Waals surface area contributed by atoms with Crippen LogP contribution in [0.15, 0.2) is 66.9 Å². The van der Waals surface area contributed by atoms with Crippen molar-refractivity contribution in [2.75, 3.05) is 14.2 Å². The molecule has 0 radical (unpaired) electrons. The number of esters is 1. The Hall–Kier alpha value is -3.40. The highest BCUT2D eigenvalue weighted by Crippen LogP contribution is 2.21. The van der Waals surface area contributed by atoms with Crippen molar-refractivity contribution < 1.29 is 14.3 Å². The molecule has 4 heteroatoms. The van der Waals surface area contributed by atoms with E-state index < -0.39 is 0 Å². The molecule has 0 spiro atoms. The zero-order valence-electron chi connectivity index (χ0n) is 14.7. The Morgan fingerprint density at radius 3 is 2.08 bits per heavy atom. The minimum absolute atomic E-state index is 0.334. The zero-order chi connectivity index (χ0) is 18.4. The summed E-state index contributed by atoms with van der Waals surface area (Å²) in [5, 5.41) is 0. The molecular formula is C22H19NO3. The Kier molecular flexibility index (Phi) is 5.44. The maximum atomic E-state index is 11.4. The summed E-state index contributed by atoms with van der Waals surface area (Å²) in [6.07, 6.45) is 5.79. The molecule has 2 aromatic carbocycles. The monoisotopic (exact) mass is 345 g/mol. The standard InChI is InChI=1S/C22H19NO3/c1-25-20-12-10-18(11-13-20)21-14-7-17(15-23-21)4-3-16-5-8-19(9-6-16)22(24)26-2/h3-15H,1-2H3/b4-3+. The van der Waals surface area contributed by atoms with Crippen LogP contribution in [0.3, 0.4) is 0 Å². The Morgan fingerprint density at radius 1 is 0.846 bits per heavy atom. The first-order valence-electron chi connectivity index (χ1n) is 8.16. The van der Waals surface area contributed by atoms with Gasteiger partial charge in [-0.3, -0.25) is 4.98 Å². The third kappa shape index (κ3) is 4.16. The van der Waals surface area contributed by atoms with Crippen molar-refractivity contribution in [2.45, 2.75) is 0 Å². The van der Waals surface area contributed by atoms with Crippen LogP contribution < -0.4 is 4.74 Å². The predicted molar refractivity (Wildman–Crippen MR) is 103 cm³/mol. The van der Waals surface area contributed by atoms with Crippen molar-refractivity contribution in [1.82, 2.24) is 4.98 Å². The lowest BCUT2D eigenvalue weighted by Gasteiger charge is -2.03. The molecular weight excluding hydrogens is 326 g/mol. The number of benzene rings is 2. The molecule has 0 saturated carbocycles. The fraction of sp³-hybridized carbons (Fsp3) is 0.0909. The van der Waals surface area contributed by atoms with Crippen molar-refractivity contribution in [3.05, 3.63) is 83.6 Å². The minimum atomic E-state index is -0.334. The lowest BCUT2D eigenvalue weighted by Crippen LogP contribution is -2.00. The van der Waals surface area contributed by atoms with Crippen LogP contribution in [-0.2, 0) is 4.74 Å². The summed E-state index contributed by atoms with van der Waals surface area (Å²) in [6.45, 7) is 0.